The van der Waals surface area contributed by atoms with Crippen molar-refractivity contribution < 1.29 is 4.39 Å². The van der Waals surface area contributed by atoms with Gasteiger partial charge in [-0.2, -0.15) is 0 Å². The van der Waals surface area contributed by atoms with E-state index in [0.29, 0.717) is 10.6 Å². The van der Waals surface area contributed by atoms with Crippen LogP contribution in [0.4, 0.5) is 4.39 Å². The van der Waals surface area contributed by atoms with Gasteiger partial charge in [0.15, 0.2) is 0 Å². The number of halogens is 2. The lowest BCUT2D eigenvalue weighted by Crippen LogP contribution is -2.22. The zero-order valence-corrected chi connectivity index (χ0v) is 10.5. The summed E-state index contributed by atoms with van der Waals surface area (Å²) in [6.45, 7) is 3.75. The summed E-state index contributed by atoms with van der Waals surface area (Å²) in [6, 6.07) is 1.39. The van der Waals surface area contributed by atoms with Gasteiger partial charge in [-0.05, 0) is 62.3 Å². The summed E-state index contributed by atoms with van der Waals surface area (Å²) in [5, 5.41) is 0.514. The molecule has 0 bridgehead atoms. The molecule has 1 saturated carbocycles. The predicted octanol–water partition coefficient (Wildman–Crippen LogP) is 3.52. The Morgan fingerprint density at radius 2 is 2.00 bits per heavy atom. The highest BCUT2D eigenvalue weighted by Gasteiger charge is 2.37. The third-order valence-electron chi connectivity index (χ3n) is 3.64. The largest absolute Gasteiger partial charge is 0.325 e. The van der Waals surface area contributed by atoms with Gasteiger partial charge in [0, 0.05) is 10.6 Å². The van der Waals surface area contributed by atoms with Crippen LogP contribution in [0.15, 0.2) is 6.07 Å². The third-order valence-corrected chi connectivity index (χ3v) is 4.03. The van der Waals surface area contributed by atoms with Crippen LogP contribution in [-0.4, -0.2) is 5.54 Å². The average molecular weight is 242 g/mol. The van der Waals surface area contributed by atoms with Crippen LogP contribution in [0.25, 0.3) is 0 Å². The predicted molar refractivity (Wildman–Crippen MR) is 65.4 cm³/mol. The number of hydrogen-bond donors (Lipinski definition) is 1. The minimum Gasteiger partial charge on any atom is -0.325 e. The maximum Gasteiger partial charge on any atom is 0.127 e. The van der Waals surface area contributed by atoms with Crippen molar-refractivity contribution in [3.63, 3.8) is 0 Å². The van der Waals surface area contributed by atoms with Crippen LogP contribution in [0.5, 0.6) is 0 Å². The summed E-state index contributed by atoms with van der Waals surface area (Å²) >= 11 is 5.99. The van der Waals surface area contributed by atoms with Crippen molar-refractivity contribution in [2.45, 2.75) is 45.1 Å². The zero-order valence-electron chi connectivity index (χ0n) is 9.74. The fraction of sp³-hybridized carbons (Fsp3) is 0.538. The molecule has 0 unspecified atom stereocenters. The molecule has 2 N–H and O–H groups in total. The monoisotopic (exact) mass is 241 g/mol. The summed E-state index contributed by atoms with van der Waals surface area (Å²) < 4.78 is 13.5. The van der Waals surface area contributed by atoms with Crippen molar-refractivity contribution in [1.82, 2.24) is 0 Å². The molecule has 0 radical (unpaired) electrons. The standard InChI is InChI=1S/C13H17ClFN/c1-8-10(3-4-13(16)5-6-13)9(2)12(15)7-11(8)14/h7H,3-6,16H2,1-2H3. The maximum atomic E-state index is 13.5. The fourth-order valence-corrected chi connectivity index (χ4v) is 2.27. The van der Waals surface area contributed by atoms with Gasteiger partial charge in [0.2, 0.25) is 0 Å². The second-order valence-corrected chi connectivity index (χ2v) is 5.34. The molecule has 1 aliphatic carbocycles. The molecule has 1 nitrogen and oxygen atoms in total. The molecule has 1 fully saturated rings. The van der Waals surface area contributed by atoms with Crippen LogP contribution < -0.4 is 5.73 Å². The number of benzene rings is 1. The highest BCUT2D eigenvalue weighted by atomic mass is 35.5. The SMILES string of the molecule is Cc1c(F)cc(Cl)c(C)c1CCC1(N)CC1. The first-order valence-corrected chi connectivity index (χ1v) is 6.04. The van der Waals surface area contributed by atoms with E-state index in [9.17, 15) is 4.39 Å². The van der Waals surface area contributed by atoms with Gasteiger partial charge in [-0.15, -0.1) is 0 Å². The molecule has 0 aromatic heterocycles. The molecule has 1 aromatic rings. The molecule has 1 aliphatic rings. The second kappa shape index (κ2) is 4.01. The van der Waals surface area contributed by atoms with Gasteiger partial charge in [-0.1, -0.05) is 11.6 Å². The van der Waals surface area contributed by atoms with E-state index in [0.717, 1.165) is 36.8 Å². The molecule has 3 heteroatoms. The Hall–Kier alpha value is -0.600. The lowest BCUT2D eigenvalue weighted by Gasteiger charge is -2.14. The molecular formula is C13H17ClFN. The van der Waals surface area contributed by atoms with Gasteiger partial charge < -0.3 is 5.73 Å². The van der Waals surface area contributed by atoms with E-state index >= 15 is 0 Å². The average Bonchev–Trinajstić information content (AvgIpc) is 2.94. The molecule has 0 saturated heterocycles. The minimum absolute atomic E-state index is 0.0116. The Bertz CT molecular complexity index is 398. The van der Waals surface area contributed by atoms with Crippen LogP contribution in [0, 0.1) is 19.7 Å². The van der Waals surface area contributed by atoms with Crippen LogP contribution in [0.3, 0.4) is 0 Å². The highest BCUT2D eigenvalue weighted by Crippen LogP contribution is 2.37. The van der Waals surface area contributed by atoms with Gasteiger partial charge >= 0.3 is 0 Å². The van der Waals surface area contributed by atoms with Crippen LogP contribution >= 0.6 is 11.6 Å². The zero-order chi connectivity index (χ0) is 11.9. The molecule has 0 heterocycles. The lowest BCUT2D eigenvalue weighted by atomic mass is 9.95. The van der Waals surface area contributed by atoms with E-state index in [4.69, 9.17) is 17.3 Å². The van der Waals surface area contributed by atoms with E-state index in [1.165, 1.54) is 6.07 Å². The Morgan fingerprint density at radius 3 is 2.56 bits per heavy atom. The summed E-state index contributed by atoms with van der Waals surface area (Å²) in [7, 11) is 0. The van der Waals surface area contributed by atoms with Crippen molar-refractivity contribution in [1.29, 1.82) is 0 Å². The Labute approximate surface area is 101 Å². The van der Waals surface area contributed by atoms with Gasteiger partial charge in [0.1, 0.15) is 5.82 Å². The molecule has 0 spiro atoms. The molecular weight excluding hydrogens is 225 g/mol. The summed E-state index contributed by atoms with van der Waals surface area (Å²) in [5.41, 5.74) is 8.79. The lowest BCUT2D eigenvalue weighted by molar-refractivity contribution is 0.591. The van der Waals surface area contributed by atoms with E-state index in [1.807, 2.05) is 13.8 Å². The van der Waals surface area contributed by atoms with E-state index in [-0.39, 0.29) is 11.4 Å². The van der Waals surface area contributed by atoms with Crippen molar-refractivity contribution >= 4 is 11.6 Å². The van der Waals surface area contributed by atoms with Crippen molar-refractivity contribution in [3.05, 3.63) is 33.6 Å². The molecule has 88 valence electrons. The second-order valence-electron chi connectivity index (χ2n) is 4.93. The molecule has 16 heavy (non-hydrogen) atoms. The first-order chi connectivity index (χ1) is 7.43. The topological polar surface area (TPSA) is 26.0 Å². The molecule has 0 amide bonds. The molecule has 2 rings (SSSR count). The van der Waals surface area contributed by atoms with Crippen molar-refractivity contribution in [3.8, 4) is 0 Å². The first kappa shape index (κ1) is 11.9. The quantitative estimate of drug-likeness (QED) is 0.861. The molecule has 0 atom stereocenters. The van der Waals surface area contributed by atoms with E-state index < -0.39 is 0 Å². The fourth-order valence-electron chi connectivity index (χ4n) is 2.06. The van der Waals surface area contributed by atoms with Gasteiger partial charge in [0.05, 0.1) is 0 Å². The minimum atomic E-state index is -0.215. The highest BCUT2D eigenvalue weighted by molar-refractivity contribution is 6.31. The van der Waals surface area contributed by atoms with Crippen LogP contribution in [0.2, 0.25) is 5.02 Å². The summed E-state index contributed by atoms with van der Waals surface area (Å²) in [4.78, 5) is 0. The third kappa shape index (κ3) is 2.23. The van der Waals surface area contributed by atoms with Crippen molar-refractivity contribution in [2.24, 2.45) is 5.73 Å². The normalized spacial score (nSPS) is 17.6. The van der Waals surface area contributed by atoms with E-state index in [1.54, 1.807) is 0 Å². The molecule has 1 aromatic carbocycles. The van der Waals surface area contributed by atoms with E-state index in [2.05, 4.69) is 0 Å². The van der Waals surface area contributed by atoms with Gasteiger partial charge in [-0.25, -0.2) is 4.39 Å². The Kier molecular flexibility index (Phi) is 2.97. The van der Waals surface area contributed by atoms with Crippen LogP contribution in [0.1, 0.15) is 36.0 Å². The van der Waals surface area contributed by atoms with Gasteiger partial charge in [0.25, 0.3) is 0 Å². The molecule has 0 aliphatic heterocycles. The smallest absolute Gasteiger partial charge is 0.127 e. The Balaban J connectivity index is 2.24. The summed E-state index contributed by atoms with van der Waals surface area (Å²) in [6.07, 6.45) is 3.93. The first-order valence-electron chi connectivity index (χ1n) is 5.66. The summed E-state index contributed by atoms with van der Waals surface area (Å²) in [5.74, 6) is -0.215. The number of hydrogen-bond acceptors (Lipinski definition) is 1. The van der Waals surface area contributed by atoms with Crippen LogP contribution in [-0.2, 0) is 6.42 Å². The van der Waals surface area contributed by atoms with Gasteiger partial charge in [-0.3, -0.25) is 0 Å². The number of rotatable bonds is 3. The van der Waals surface area contributed by atoms with Crippen molar-refractivity contribution in [2.75, 3.05) is 0 Å². The maximum absolute atomic E-state index is 13.5. The Morgan fingerprint density at radius 1 is 1.38 bits per heavy atom. The number of nitrogens with two attached hydrogens (primary N) is 1.